The van der Waals surface area contributed by atoms with Crippen LogP contribution in [0.1, 0.15) is 11.1 Å². The van der Waals surface area contributed by atoms with Crippen LogP contribution in [0, 0.1) is 6.92 Å². The van der Waals surface area contributed by atoms with Gasteiger partial charge in [0.1, 0.15) is 23.0 Å². The van der Waals surface area contributed by atoms with Crippen molar-refractivity contribution in [2.75, 3.05) is 24.6 Å². The maximum atomic E-state index is 13.3. The third-order valence-electron chi connectivity index (χ3n) is 4.09. The maximum absolute atomic E-state index is 13.3. The molecule has 0 saturated heterocycles. The SMILES string of the molecule is COc1ccc(CC(=O)O)cc1S(=O)(=O)N1CCOc2cc(C)ccc21. The first-order valence-corrected chi connectivity index (χ1v) is 9.42. The summed E-state index contributed by atoms with van der Waals surface area (Å²) < 4.78 is 38.7. The number of benzene rings is 2. The normalized spacial score (nSPS) is 13.7. The Labute approximate surface area is 151 Å². The number of fused-ring (bicyclic) bond motifs is 1. The van der Waals surface area contributed by atoms with Gasteiger partial charge in [0.2, 0.25) is 0 Å². The largest absolute Gasteiger partial charge is 0.495 e. The smallest absolute Gasteiger partial charge is 0.307 e. The van der Waals surface area contributed by atoms with Crippen LogP contribution in [0.3, 0.4) is 0 Å². The fourth-order valence-electron chi connectivity index (χ4n) is 2.88. The van der Waals surface area contributed by atoms with Crippen LogP contribution in [0.15, 0.2) is 41.3 Å². The molecule has 0 aromatic heterocycles. The molecule has 8 heteroatoms. The number of hydrogen-bond acceptors (Lipinski definition) is 5. The van der Waals surface area contributed by atoms with Crippen molar-refractivity contribution in [1.82, 2.24) is 0 Å². The molecule has 3 rings (SSSR count). The van der Waals surface area contributed by atoms with Gasteiger partial charge in [-0.3, -0.25) is 9.10 Å². The van der Waals surface area contributed by atoms with Gasteiger partial charge < -0.3 is 14.6 Å². The fourth-order valence-corrected chi connectivity index (χ4v) is 4.55. The van der Waals surface area contributed by atoms with Crippen molar-refractivity contribution in [3.63, 3.8) is 0 Å². The molecule has 0 radical (unpaired) electrons. The second kappa shape index (κ2) is 6.87. The number of carbonyl (C=O) groups is 1. The van der Waals surface area contributed by atoms with Crippen LogP contribution in [0.4, 0.5) is 5.69 Å². The summed E-state index contributed by atoms with van der Waals surface area (Å²) >= 11 is 0. The lowest BCUT2D eigenvalue weighted by Crippen LogP contribution is -2.38. The molecule has 1 aliphatic rings. The number of carboxylic acids is 1. The molecule has 0 spiro atoms. The minimum atomic E-state index is -3.95. The molecule has 1 N–H and O–H groups in total. The van der Waals surface area contributed by atoms with Crippen molar-refractivity contribution in [1.29, 1.82) is 0 Å². The monoisotopic (exact) mass is 377 g/mol. The van der Waals surface area contributed by atoms with E-state index < -0.39 is 16.0 Å². The van der Waals surface area contributed by atoms with Crippen LogP contribution in [-0.2, 0) is 21.2 Å². The Morgan fingerprint density at radius 1 is 1.27 bits per heavy atom. The van der Waals surface area contributed by atoms with E-state index in [4.69, 9.17) is 14.6 Å². The number of nitrogens with zero attached hydrogens (tertiary/aromatic N) is 1. The van der Waals surface area contributed by atoms with Gasteiger partial charge >= 0.3 is 5.97 Å². The number of carboxylic acid groups (broad SMARTS) is 1. The van der Waals surface area contributed by atoms with Crippen LogP contribution in [0.25, 0.3) is 0 Å². The predicted octanol–water partition coefficient (Wildman–Crippen LogP) is 2.22. The topological polar surface area (TPSA) is 93.1 Å². The number of hydrogen-bond donors (Lipinski definition) is 1. The zero-order valence-corrected chi connectivity index (χ0v) is 15.2. The molecule has 138 valence electrons. The van der Waals surface area contributed by atoms with Crippen molar-refractivity contribution >= 4 is 21.7 Å². The predicted molar refractivity (Wildman–Crippen MR) is 95.5 cm³/mol. The van der Waals surface area contributed by atoms with E-state index in [1.54, 1.807) is 18.2 Å². The molecule has 0 bridgehead atoms. The summed E-state index contributed by atoms with van der Waals surface area (Å²) in [6.45, 7) is 2.28. The highest BCUT2D eigenvalue weighted by Crippen LogP contribution is 2.38. The van der Waals surface area contributed by atoms with Gasteiger partial charge in [-0.15, -0.1) is 0 Å². The van der Waals surface area contributed by atoms with E-state index in [9.17, 15) is 13.2 Å². The number of anilines is 1. The van der Waals surface area contributed by atoms with Gasteiger partial charge in [-0.05, 0) is 42.3 Å². The third-order valence-corrected chi connectivity index (χ3v) is 5.92. The molecule has 1 aliphatic heterocycles. The Balaban J connectivity index is 2.10. The number of sulfonamides is 1. The molecule has 0 unspecified atom stereocenters. The van der Waals surface area contributed by atoms with Crippen LogP contribution in [0.5, 0.6) is 11.5 Å². The Kier molecular flexibility index (Phi) is 4.78. The van der Waals surface area contributed by atoms with Gasteiger partial charge in [-0.2, -0.15) is 0 Å². The van der Waals surface area contributed by atoms with Gasteiger partial charge in [0.05, 0.1) is 25.8 Å². The zero-order chi connectivity index (χ0) is 18.9. The molecular formula is C18H19NO6S. The Hall–Kier alpha value is -2.74. The number of ether oxygens (including phenoxy) is 2. The van der Waals surface area contributed by atoms with Gasteiger partial charge in [-0.1, -0.05) is 12.1 Å². The number of aliphatic carboxylic acids is 1. The summed E-state index contributed by atoms with van der Waals surface area (Å²) in [6, 6.07) is 9.67. The Morgan fingerprint density at radius 2 is 2.04 bits per heavy atom. The first kappa shape index (κ1) is 18.1. The first-order valence-electron chi connectivity index (χ1n) is 7.98. The summed E-state index contributed by atoms with van der Waals surface area (Å²) in [5.74, 6) is -0.370. The van der Waals surface area contributed by atoms with Gasteiger partial charge in [0, 0.05) is 0 Å². The maximum Gasteiger partial charge on any atom is 0.307 e. The second-order valence-corrected chi connectivity index (χ2v) is 7.78. The van der Waals surface area contributed by atoms with E-state index in [1.165, 1.54) is 23.5 Å². The minimum Gasteiger partial charge on any atom is -0.495 e. The summed E-state index contributed by atoms with van der Waals surface area (Å²) in [7, 11) is -2.58. The van der Waals surface area contributed by atoms with Crippen LogP contribution in [0.2, 0.25) is 0 Å². The van der Waals surface area contributed by atoms with Crippen LogP contribution >= 0.6 is 0 Å². The molecule has 2 aromatic rings. The van der Waals surface area contributed by atoms with E-state index in [0.717, 1.165) is 5.56 Å². The molecule has 0 aliphatic carbocycles. The van der Waals surface area contributed by atoms with Crippen molar-refractivity contribution in [3.05, 3.63) is 47.5 Å². The Morgan fingerprint density at radius 3 is 2.73 bits per heavy atom. The quantitative estimate of drug-likeness (QED) is 0.859. The van der Waals surface area contributed by atoms with Gasteiger partial charge in [-0.25, -0.2) is 8.42 Å². The van der Waals surface area contributed by atoms with Gasteiger partial charge in [0.25, 0.3) is 10.0 Å². The zero-order valence-electron chi connectivity index (χ0n) is 14.4. The lowest BCUT2D eigenvalue weighted by atomic mass is 10.1. The minimum absolute atomic E-state index is 0.0628. The highest BCUT2D eigenvalue weighted by atomic mass is 32.2. The molecule has 0 saturated carbocycles. The lowest BCUT2D eigenvalue weighted by molar-refractivity contribution is -0.136. The molecule has 26 heavy (non-hydrogen) atoms. The molecule has 1 heterocycles. The number of rotatable bonds is 5. The van der Waals surface area contributed by atoms with Crippen molar-refractivity contribution in [2.24, 2.45) is 0 Å². The lowest BCUT2D eigenvalue weighted by Gasteiger charge is -2.31. The van der Waals surface area contributed by atoms with Crippen LogP contribution in [-0.4, -0.2) is 39.8 Å². The van der Waals surface area contributed by atoms with Gasteiger partial charge in [0.15, 0.2) is 0 Å². The summed E-state index contributed by atoms with van der Waals surface area (Å²) in [6.07, 6.45) is -0.272. The average molecular weight is 377 g/mol. The summed E-state index contributed by atoms with van der Waals surface area (Å²) in [4.78, 5) is 10.9. The molecule has 0 fully saturated rings. The molecule has 0 amide bonds. The number of aryl methyl sites for hydroxylation is 1. The van der Waals surface area contributed by atoms with E-state index in [0.29, 0.717) is 17.0 Å². The van der Waals surface area contributed by atoms with Crippen molar-refractivity contribution < 1.29 is 27.8 Å². The summed E-state index contributed by atoms with van der Waals surface area (Å²) in [5.41, 5.74) is 1.80. The first-order chi connectivity index (χ1) is 12.3. The van der Waals surface area contributed by atoms with Crippen molar-refractivity contribution in [2.45, 2.75) is 18.2 Å². The van der Waals surface area contributed by atoms with Crippen LogP contribution < -0.4 is 13.8 Å². The molecule has 2 aromatic carbocycles. The molecular weight excluding hydrogens is 358 g/mol. The highest BCUT2D eigenvalue weighted by molar-refractivity contribution is 7.93. The van der Waals surface area contributed by atoms with E-state index in [2.05, 4.69) is 0 Å². The van der Waals surface area contributed by atoms with E-state index in [-0.39, 0.29) is 30.2 Å². The van der Waals surface area contributed by atoms with E-state index in [1.807, 2.05) is 13.0 Å². The molecule has 0 atom stereocenters. The second-order valence-electron chi connectivity index (χ2n) is 5.95. The standard InChI is InChI=1S/C18H19NO6S/c1-12-3-5-14-16(9-12)25-8-7-19(14)26(22,23)17-10-13(11-18(20)21)4-6-15(17)24-2/h3-6,9-10H,7-8,11H2,1-2H3,(H,20,21). The fraction of sp³-hybridized carbons (Fsp3) is 0.278. The summed E-state index contributed by atoms with van der Waals surface area (Å²) in [5, 5.41) is 8.98. The van der Waals surface area contributed by atoms with E-state index >= 15 is 0 Å². The number of methoxy groups -OCH3 is 1. The molecule has 7 nitrogen and oxygen atoms in total. The van der Waals surface area contributed by atoms with Crippen molar-refractivity contribution in [3.8, 4) is 11.5 Å². The third kappa shape index (κ3) is 3.32. The Bertz CT molecular complexity index is 954. The average Bonchev–Trinajstić information content (AvgIpc) is 2.60. The highest BCUT2D eigenvalue weighted by Gasteiger charge is 2.32.